The number of amides is 1. The van der Waals surface area contributed by atoms with E-state index in [1.807, 2.05) is 0 Å². The second-order valence-electron chi connectivity index (χ2n) is 5.67. The number of piperidine rings is 1. The lowest BCUT2D eigenvalue weighted by atomic mass is 9.93. The van der Waals surface area contributed by atoms with E-state index in [2.05, 4.69) is 10.2 Å². The van der Waals surface area contributed by atoms with E-state index in [9.17, 15) is 9.18 Å². The van der Waals surface area contributed by atoms with E-state index in [0.29, 0.717) is 12.1 Å². The Labute approximate surface area is 125 Å². The normalized spacial score (nSPS) is 16.9. The van der Waals surface area contributed by atoms with Crippen molar-refractivity contribution in [2.45, 2.75) is 25.7 Å². The lowest BCUT2D eigenvalue weighted by Crippen LogP contribution is -2.36. The van der Waals surface area contributed by atoms with Gasteiger partial charge in [-0.15, -0.1) is 0 Å². The van der Waals surface area contributed by atoms with Gasteiger partial charge in [0.25, 0.3) is 0 Å². The molecule has 1 saturated heterocycles. The van der Waals surface area contributed by atoms with Gasteiger partial charge in [-0.3, -0.25) is 4.79 Å². The zero-order valence-corrected chi connectivity index (χ0v) is 12.4. The molecule has 4 nitrogen and oxygen atoms in total. The number of anilines is 1. The molecule has 1 aromatic carbocycles. The van der Waals surface area contributed by atoms with Gasteiger partial charge in [0.2, 0.25) is 5.91 Å². The van der Waals surface area contributed by atoms with E-state index in [1.54, 1.807) is 12.1 Å². The van der Waals surface area contributed by atoms with Crippen LogP contribution in [0.4, 0.5) is 10.1 Å². The number of benzene rings is 1. The van der Waals surface area contributed by atoms with Gasteiger partial charge >= 0.3 is 0 Å². The van der Waals surface area contributed by atoms with E-state index in [1.165, 1.54) is 25.0 Å². The number of hydrogen-bond acceptors (Lipinski definition) is 3. The van der Waals surface area contributed by atoms with Crippen molar-refractivity contribution in [2.75, 3.05) is 31.5 Å². The number of carbonyl (C=O) groups excluding carboxylic acids is 1. The number of rotatable bonds is 6. The Kier molecular flexibility index (Phi) is 6.14. The molecule has 0 atom stereocenters. The summed E-state index contributed by atoms with van der Waals surface area (Å²) in [5.74, 6) is 0.340. The van der Waals surface area contributed by atoms with Crippen LogP contribution in [0.1, 0.15) is 25.7 Å². The molecular formula is C16H24FN3O. The number of halogens is 1. The summed E-state index contributed by atoms with van der Waals surface area (Å²) in [7, 11) is 0. The summed E-state index contributed by atoms with van der Waals surface area (Å²) >= 11 is 0. The van der Waals surface area contributed by atoms with Crippen molar-refractivity contribution < 1.29 is 9.18 Å². The largest absolute Gasteiger partial charge is 0.330 e. The summed E-state index contributed by atoms with van der Waals surface area (Å²) in [4.78, 5) is 14.2. The Bertz CT molecular complexity index is 459. The first-order chi connectivity index (χ1) is 10.2. The van der Waals surface area contributed by atoms with Crippen molar-refractivity contribution in [3.05, 3.63) is 30.1 Å². The number of nitrogens with two attached hydrogens (primary N) is 1. The standard InChI is InChI=1S/C16H24FN3O/c17-14-2-1-3-15(12-14)19-16(21)7-11-20-9-5-13(4-8-18)6-10-20/h1-3,12-13H,4-11,18H2,(H,19,21). The van der Waals surface area contributed by atoms with Crippen molar-refractivity contribution in [3.8, 4) is 0 Å². The zero-order chi connectivity index (χ0) is 15.1. The van der Waals surface area contributed by atoms with Gasteiger partial charge in [0.1, 0.15) is 5.82 Å². The highest BCUT2D eigenvalue weighted by Gasteiger charge is 2.18. The van der Waals surface area contributed by atoms with Crippen molar-refractivity contribution in [1.82, 2.24) is 4.90 Å². The summed E-state index contributed by atoms with van der Waals surface area (Å²) in [5, 5.41) is 2.73. The smallest absolute Gasteiger partial charge is 0.225 e. The molecule has 1 aliphatic heterocycles. The van der Waals surface area contributed by atoms with Crippen molar-refractivity contribution in [1.29, 1.82) is 0 Å². The molecule has 5 heteroatoms. The summed E-state index contributed by atoms with van der Waals surface area (Å²) in [6.07, 6.45) is 3.89. The summed E-state index contributed by atoms with van der Waals surface area (Å²) in [6.45, 7) is 3.60. The van der Waals surface area contributed by atoms with Gasteiger partial charge in [-0.2, -0.15) is 0 Å². The van der Waals surface area contributed by atoms with Crippen LogP contribution in [0.5, 0.6) is 0 Å². The average molecular weight is 293 g/mol. The van der Waals surface area contributed by atoms with E-state index in [-0.39, 0.29) is 11.7 Å². The highest BCUT2D eigenvalue weighted by molar-refractivity contribution is 5.90. The van der Waals surface area contributed by atoms with E-state index in [0.717, 1.165) is 38.5 Å². The first-order valence-corrected chi connectivity index (χ1v) is 7.65. The molecule has 1 fully saturated rings. The fraction of sp³-hybridized carbons (Fsp3) is 0.562. The first-order valence-electron chi connectivity index (χ1n) is 7.65. The third kappa shape index (κ3) is 5.44. The molecule has 0 aliphatic carbocycles. The number of carbonyl (C=O) groups is 1. The van der Waals surface area contributed by atoms with Gasteiger partial charge in [0.05, 0.1) is 0 Å². The molecule has 2 rings (SSSR count). The Morgan fingerprint density at radius 2 is 2.14 bits per heavy atom. The molecule has 0 bridgehead atoms. The topological polar surface area (TPSA) is 58.4 Å². The third-order valence-electron chi connectivity index (χ3n) is 4.05. The maximum Gasteiger partial charge on any atom is 0.225 e. The van der Waals surface area contributed by atoms with Gasteiger partial charge in [0, 0.05) is 18.7 Å². The molecule has 116 valence electrons. The predicted molar refractivity (Wildman–Crippen MR) is 82.5 cm³/mol. The molecule has 0 spiro atoms. The summed E-state index contributed by atoms with van der Waals surface area (Å²) in [6, 6.07) is 5.98. The molecular weight excluding hydrogens is 269 g/mol. The molecule has 3 N–H and O–H groups in total. The SMILES string of the molecule is NCCC1CCN(CCC(=O)Nc2cccc(F)c2)CC1. The average Bonchev–Trinajstić information content (AvgIpc) is 2.47. The van der Waals surface area contributed by atoms with Crippen LogP contribution < -0.4 is 11.1 Å². The molecule has 0 radical (unpaired) electrons. The number of nitrogens with one attached hydrogen (secondary N) is 1. The van der Waals surface area contributed by atoms with Crippen molar-refractivity contribution in [3.63, 3.8) is 0 Å². The maximum absolute atomic E-state index is 13.0. The van der Waals surface area contributed by atoms with Crippen LogP contribution in [0.25, 0.3) is 0 Å². The van der Waals surface area contributed by atoms with Crippen LogP contribution in [0.15, 0.2) is 24.3 Å². The second-order valence-corrected chi connectivity index (χ2v) is 5.67. The third-order valence-corrected chi connectivity index (χ3v) is 4.05. The van der Waals surface area contributed by atoms with Gasteiger partial charge in [-0.05, 0) is 63.0 Å². The molecule has 1 aliphatic rings. The van der Waals surface area contributed by atoms with Crippen LogP contribution in [0.3, 0.4) is 0 Å². The van der Waals surface area contributed by atoms with E-state index in [4.69, 9.17) is 5.73 Å². The van der Waals surface area contributed by atoms with E-state index < -0.39 is 0 Å². The number of nitrogens with zero attached hydrogens (tertiary/aromatic N) is 1. The minimum atomic E-state index is -0.338. The minimum Gasteiger partial charge on any atom is -0.330 e. The minimum absolute atomic E-state index is 0.0651. The molecule has 1 aromatic rings. The Morgan fingerprint density at radius 1 is 1.38 bits per heavy atom. The lowest BCUT2D eigenvalue weighted by molar-refractivity contribution is -0.116. The van der Waals surface area contributed by atoms with Crippen LogP contribution in [0, 0.1) is 11.7 Å². The number of hydrogen-bond donors (Lipinski definition) is 2. The van der Waals surface area contributed by atoms with Crippen LogP contribution in [-0.2, 0) is 4.79 Å². The quantitative estimate of drug-likeness (QED) is 0.845. The van der Waals surface area contributed by atoms with Crippen LogP contribution in [0.2, 0.25) is 0 Å². The molecule has 0 aromatic heterocycles. The fourth-order valence-electron chi connectivity index (χ4n) is 2.78. The zero-order valence-electron chi connectivity index (χ0n) is 12.4. The van der Waals surface area contributed by atoms with Gasteiger partial charge < -0.3 is 16.0 Å². The lowest BCUT2D eigenvalue weighted by Gasteiger charge is -2.31. The Hall–Kier alpha value is -1.46. The first kappa shape index (κ1) is 15.9. The van der Waals surface area contributed by atoms with Crippen LogP contribution in [-0.4, -0.2) is 37.0 Å². The van der Waals surface area contributed by atoms with Gasteiger partial charge in [-0.1, -0.05) is 6.07 Å². The van der Waals surface area contributed by atoms with Gasteiger partial charge in [-0.25, -0.2) is 4.39 Å². The van der Waals surface area contributed by atoms with Crippen molar-refractivity contribution >= 4 is 11.6 Å². The highest BCUT2D eigenvalue weighted by atomic mass is 19.1. The molecule has 1 heterocycles. The van der Waals surface area contributed by atoms with Crippen LogP contribution >= 0.6 is 0 Å². The molecule has 0 saturated carbocycles. The molecule has 1 amide bonds. The fourth-order valence-corrected chi connectivity index (χ4v) is 2.78. The maximum atomic E-state index is 13.0. The van der Waals surface area contributed by atoms with E-state index >= 15 is 0 Å². The summed E-state index contributed by atoms with van der Waals surface area (Å²) < 4.78 is 13.0. The predicted octanol–water partition coefficient (Wildman–Crippen LogP) is 2.22. The molecule has 0 unspecified atom stereocenters. The molecule has 21 heavy (non-hydrogen) atoms. The summed E-state index contributed by atoms with van der Waals surface area (Å²) in [5.41, 5.74) is 6.10. The Morgan fingerprint density at radius 3 is 2.81 bits per heavy atom. The monoisotopic (exact) mass is 293 g/mol. The highest BCUT2D eigenvalue weighted by Crippen LogP contribution is 2.19. The number of likely N-dealkylation sites (tertiary alicyclic amines) is 1. The van der Waals surface area contributed by atoms with Gasteiger partial charge in [0.15, 0.2) is 0 Å². The Balaban J connectivity index is 1.68. The second kappa shape index (κ2) is 8.10. The van der Waals surface area contributed by atoms with Crippen molar-refractivity contribution in [2.24, 2.45) is 11.7 Å².